The van der Waals surface area contributed by atoms with E-state index in [0.29, 0.717) is 29.1 Å². The van der Waals surface area contributed by atoms with Crippen LogP contribution in [0.2, 0.25) is 5.02 Å². The highest BCUT2D eigenvalue weighted by Gasteiger charge is 2.09. The van der Waals surface area contributed by atoms with Crippen LogP contribution in [0, 0.1) is 12.7 Å². The fraction of sp³-hybridized carbons (Fsp3) is 0.158. The lowest BCUT2D eigenvalue weighted by Gasteiger charge is -2.13. The fourth-order valence-electron chi connectivity index (χ4n) is 2.36. The summed E-state index contributed by atoms with van der Waals surface area (Å²) in [6.07, 6.45) is 1.65. The predicted molar refractivity (Wildman–Crippen MR) is 102 cm³/mol. The molecule has 0 saturated heterocycles. The molecule has 0 amide bonds. The topological polar surface area (TPSA) is 59.1 Å². The average Bonchev–Trinajstić information content (AvgIpc) is 2.64. The minimum atomic E-state index is -0.255. The molecule has 0 saturated carbocycles. The first-order valence-electron chi connectivity index (χ1n) is 7.97. The number of aromatic nitrogens is 2. The molecule has 26 heavy (non-hydrogen) atoms. The maximum Gasteiger partial charge on any atom is 0.229 e. The summed E-state index contributed by atoms with van der Waals surface area (Å²) >= 11 is 6.13. The zero-order chi connectivity index (χ0) is 18.5. The monoisotopic (exact) mass is 372 g/mol. The Bertz CT molecular complexity index is 903. The third kappa shape index (κ3) is 4.40. The summed E-state index contributed by atoms with van der Waals surface area (Å²) in [7, 11) is 1.58. The van der Waals surface area contributed by atoms with Gasteiger partial charge in [-0.1, -0.05) is 23.7 Å². The third-order valence-corrected chi connectivity index (χ3v) is 4.18. The number of hydrogen-bond donors (Lipinski definition) is 2. The molecule has 0 aliphatic heterocycles. The molecule has 134 valence electrons. The second-order valence-corrected chi connectivity index (χ2v) is 6.08. The summed E-state index contributed by atoms with van der Waals surface area (Å²) in [5, 5.41) is 6.96. The van der Waals surface area contributed by atoms with Crippen molar-refractivity contribution in [2.75, 3.05) is 17.7 Å². The van der Waals surface area contributed by atoms with Crippen molar-refractivity contribution in [2.45, 2.75) is 13.5 Å². The Kier molecular flexibility index (Phi) is 5.53. The minimum Gasteiger partial charge on any atom is -0.495 e. The smallest absolute Gasteiger partial charge is 0.229 e. The fourth-order valence-corrected chi connectivity index (χ4v) is 2.52. The van der Waals surface area contributed by atoms with Crippen LogP contribution in [-0.2, 0) is 6.54 Å². The van der Waals surface area contributed by atoms with E-state index in [2.05, 4.69) is 20.6 Å². The number of rotatable bonds is 6. The number of methoxy groups -OCH3 is 1. The van der Waals surface area contributed by atoms with Crippen LogP contribution in [0.3, 0.4) is 0 Å². The van der Waals surface area contributed by atoms with Crippen LogP contribution in [0.15, 0.2) is 48.7 Å². The second kappa shape index (κ2) is 8.01. The molecule has 1 heterocycles. The average molecular weight is 373 g/mol. The quantitative estimate of drug-likeness (QED) is 0.641. The van der Waals surface area contributed by atoms with Gasteiger partial charge in [0.1, 0.15) is 17.4 Å². The van der Waals surface area contributed by atoms with Gasteiger partial charge in [0, 0.05) is 23.8 Å². The summed E-state index contributed by atoms with van der Waals surface area (Å²) in [5.41, 5.74) is 2.60. The van der Waals surface area contributed by atoms with Gasteiger partial charge in [0.25, 0.3) is 0 Å². The van der Waals surface area contributed by atoms with Crippen LogP contribution in [0.4, 0.5) is 21.8 Å². The van der Waals surface area contributed by atoms with Gasteiger partial charge < -0.3 is 15.4 Å². The van der Waals surface area contributed by atoms with E-state index >= 15 is 0 Å². The zero-order valence-electron chi connectivity index (χ0n) is 14.4. The molecule has 3 rings (SSSR count). The Morgan fingerprint density at radius 2 is 1.92 bits per heavy atom. The van der Waals surface area contributed by atoms with Crippen LogP contribution in [0.5, 0.6) is 5.75 Å². The van der Waals surface area contributed by atoms with Crippen LogP contribution in [0.1, 0.15) is 11.1 Å². The van der Waals surface area contributed by atoms with Crippen LogP contribution in [-0.4, -0.2) is 17.1 Å². The number of benzene rings is 2. The number of hydrogen-bond acceptors (Lipinski definition) is 5. The van der Waals surface area contributed by atoms with E-state index < -0.39 is 0 Å². The molecule has 0 atom stereocenters. The molecule has 3 aromatic rings. The number of halogens is 2. The lowest BCUT2D eigenvalue weighted by molar-refractivity contribution is 0.416. The number of ether oxygens (including phenoxy) is 1. The van der Waals surface area contributed by atoms with Crippen molar-refractivity contribution in [1.82, 2.24) is 9.97 Å². The predicted octanol–water partition coefficient (Wildman–Crippen LogP) is 4.94. The van der Waals surface area contributed by atoms with E-state index in [-0.39, 0.29) is 5.82 Å². The largest absolute Gasteiger partial charge is 0.495 e. The van der Waals surface area contributed by atoms with Gasteiger partial charge in [0.15, 0.2) is 0 Å². The van der Waals surface area contributed by atoms with E-state index in [4.69, 9.17) is 16.3 Å². The van der Waals surface area contributed by atoms with Crippen molar-refractivity contribution in [3.63, 3.8) is 0 Å². The van der Waals surface area contributed by atoms with Crippen LogP contribution in [0.25, 0.3) is 0 Å². The van der Waals surface area contributed by atoms with Gasteiger partial charge in [-0.05, 0) is 42.3 Å². The van der Waals surface area contributed by atoms with Crippen LogP contribution >= 0.6 is 11.6 Å². The number of nitrogens with zero attached hydrogens (tertiary/aromatic N) is 2. The Hall–Kier alpha value is -2.86. The normalized spacial score (nSPS) is 10.5. The number of anilines is 3. The number of aryl methyl sites for hydroxylation is 1. The molecule has 5 nitrogen and oxygen atoms in total. The summed E-state index contributed by atoms with van der Waals surface area (Å²) in [5.74, 6) is 1.42. The summed E-state index contributed by atoms with van der Waals surface area (Å²) in [6, 6.07) is 11.7. The van der Waals surface area contributed by atoms with E-state index in [0.717, 1.165) is 16.8 Å². The van der Waals surface area contributed by atoms with Crippen molar-refractivity contribution in [3.8, 4) is 5.75 Å². The molecule has 7 heteroatoms. The lowest BCUT2D eigenvalue weighted by atomic mass is 10.2. The molecule has 0 radical (unpaired) electrons. The highest BCUT2D eigenvalue weighted by Crippen LogP contribution is 2.32. The van der Waals surface area contributed by atoms with Crippen molar-refractivity contribution < 1.29 is 9.13 Å². The van der Waals surface area contributed by atoms with Crippen LogP contribution < -0.4 is 15.4 Å². The van der Waals surface area contributed by atoms with Crippen molar-refractivity contribution in [1.29, 1.82) is 0 Å². The van der Waals surface area contributed by atoms with Gasteiger partial charge in [-0.3, -0.25) is 0 Å². The molecule has 2 aromatic carbocycles. The first-order valence-corrected chi connectivity index (χ1v) is 8.35. The second-order valence-electron chi connectivity index (χ2n) is 5.67. The molecule has 0 unspecified atom stereocenters. The van der Waals surface area contributed by atoms with E-state index in [9.17, 15) is 4.39 Å². The molecular formula is C19H18ClFN4O. The molecule has 0 spiro atoms. The van der Waals surface area contributed by atoms with Crippen molar-refractivity contribution >= 4 is 29.1 Å². The molecule has 1 aromatic heterocycles. The summed E-state index contributed by atoms with van der Waals surface area (Å²) in [4.78, 5) is 8.66. The standard InChI is InChI=1S/C19H18ClFN4O/c1-12-9-16(17(26-2)10-15(12)20)24-19-22-8-7-18(25-19)23-11-13-3-5-14(21)6-4-13/h3-10H,11H2,1-2H3,(H2,22,23,24,25). The Morgan fingerprint density at radius 1 is 1.15 bits per heavy atom. The van der Waals surface area contributed by atoms with Gasteiger partial charge in [0.05, 0.1) is 12.8 Å². The first-order chi connectivity index (χ1) is 12.5. The minimum absolute atomic E-state index is 0.255. The third-order valence-electron chi connectivity index (χ3n) is 3.77. The molecule has 0 aliphatic rings. The molecule has 2 N–H and O–H groups in total. The highest BCUT2D eigenvalue weighted by atomic mass is 35.5. The summed E-state index contributed by atoms with van der Waals surface area (Å²) < 4.78 is 18.3. The van der Waals surface area contributed by atoms with Gasteiger partial charge in [0.2, 0.25) is 5.95 Å². The summed E-state index contributed by atoms with van der Waals surface area (Å²) in [6.45, 7) is 2.44. The Labute approximate surface area is 156 Å². The zero-order valence-corrected chi connectivity index (χ0v) is 15.1. The molecule has 0 aliphatic carbocycles. The van der Waals surface area contributed by atoms with Crippen molar-refractivity contribution in [2.24, 2.45) is 0 Å². The van der Waals surface area contributed by atoms with Crippen molar-refractivity contribution in [3.05, 3.63) is 70.6 Å². The first kappa shape index (κ1) is 17.9. The molecular weight excluding hydrogens is 355 g/mol. The molecule has 0 fully saturated rings. The lowest BCUT2D eigenvalue weighted by Crippen LogP contribution is -2.05. The van der Waals surface area contributed by atoms with E-state index in [1.54, 1.807) is 37.6 Å². The maximum absolute atomic E-state index is 13.0. The van der Waals surface area contributed by atoms with Gasteiger partial charge >= 0.3 is 0 Å². The van der Waals surface area contributed by atoms with E-state index in [1.807, 2.05) is 13.0 Å². The Balaban J connectivity index is 1.73. The molecule has 0 bridgehead atoms. The SMILES string of the molecule is COc1cc(Cl)c(C)cc1Nc1nccc(NCc2ccc(F)cc2)n1. The maximum atomic E-state index is 13.0. The van der Waals surface area contributed by atoms with Gasteiger partial charge in [-0.2, -0.15) is 4.98 Å². The van der Waals surface area contributed by atoms with E-state index in [1.165, 1.54) is 12.1 Å². The van der Waals surface area contributed by atoms with Gasteiger partial charge in [-0.25, -0.2) is 9.37 Å². The van der Waals surface area contributed by atoms with Gasteiger partial charge in [-0.15, -0.1) is 0 Å². The highest BCUT2D eigenvalue weighted by molar-refractivity contribution is 6.31. The number of nitrogens with one attached hydrogen (secondary N) is 2. The Morgan fingerprint density at radius 3 is 2.65 bits per heavy atom.